The van der Waals surface area contributed by atoms with Crippen LogP contribution in [0.2, 0.25) is 0 Å². The van der Waals surface area contributed by atoms with Crippen molar-refractivity contribution in [1.82, 2.24) is 4.98 Å². The standard InChI is InChI=1S/C14H25BNO3.Li/c1-11(2)17-15(18-12(3)4,19-13(5)6)14-8-7-9-16-10-14;/h7-13H,1-6H3;/q-1;+1. The molecule has 0 aliphatic carbocycles. The van der Waals surface area contributed by atoms with Gasteiger partial charge in [-0.1, -0.05) is 6.07 Å². The summed E-state index contributed by atoms with van der Waals surface area (Å²) < 4.78 is 18.1. The van der Waals surface area contributed by atoms with Crippen molar-refractivity contribution in [2.75, 3.05) is 0 Å². The summed E-state index contributed by atoms with van der Waals surface area (Å²) >= 11 is 0. The first-order chi connectivity index (χ1) is 8.85. The zero-order chi connectivity index (χ0) is 14.5. The fraction of sp³-hybridized carbons (Fsp3) is 0.643. The molecular weight excluding hydrogens is 248 g/mol. The van der Waals surface area contributed by atoms with Crippen LogP contribution in [0.4, 0.5) is 0 Å². The second-order valence-electron chi connectivity index (χ2n) is 5.48. The van der Waals surface area contributed by atoms with Crippen molar-refractivity contribution >= 4 is 12.2 Å². The first-order valence-electron chi connectivity index (χ1n) is 6.93. The summed E-state index contributed by atoms with van der Waals surface area (Å²) in [6.45, 7) is 9.86. The zero-order valence-corrected chi connectivity index (χ0v) is 13.8. The van der Waals surface area contributed by atoms with Crippen LogP contribution in [-0.4, -0.2) is 30.1 Å². The third kappa shape index (κ3) is 5.99. The summed E-state index contributed by atoms with van der Waals surface area (Å²) in [7, 11) is 0. The quantitative estimate of drug-likeness (QED) is 0.628. The van der Waals surface area contributed by atoms with E-state index in [-0.39, 0.29) is 37.2 Å². The second kappa shape index (κ2) is 8.86. The van der Waals surface area contributed by atoms with E-state index in [9.17, 15) is 0 Å². The summed E-state index contributed by atoms with van der Waals surface area (Å²) in [6, 6.07) is 3.79. The van der Waals surface area contributed by atoms with Gasteiger partial charge in [-0.3, -0.25) is 4.98 Å². The van der Waals surface area contributed by atoms with Gasteiger partial charge in [0, 0.05) is 24.5 Å². The van der Waals surface area contributed by atoms with Gasteiger partial charge in [-0.15, -0.1) is 5.46 Å². The van der Waals surface area contributed by atoms with Crippen LogP contribution in [0.15, 0.2) is 24.5 Å². The smallest absolute Gasteiger partial charge is 0.539 e. The first-order valence-corrected chi connectivity index (χ1v) is 6.93. The minimum atomic E-state index is -1.98. The molecule has 1 heterocycles. The van der Waals surface area contributed by atoms with Gasteiger partial charge in [-0.25, -0.2) is 0 Å². The second-order valence-corrected chi connectivity index (χ2v) is 5.48. The Morgan fingerprint density at radius 1 is 0.900 bits per heavy atom. The monoisotopic (exact) mass is 273 g/mol. The molecule has 4 nitrogen and oxygen atoms in total. The van der Waals surface area contributed by atoms with E-state index in [1.54, 1.807) is 12.4 Å². The molecule has 0 saturated heterocycles. The van der Waals surface area contributed by atoms with Crippen molar-refractivity contribution in [3.8, 4) is 0 Å². The molecule has 0 N–H and O–H groups in total. The van der Waals surface area contributed by atoms with Crippen molar-refractivity contribution in [1.29, 1.82) is 0 Å². The van der Waals surface area contributed by atoms with E-state index >= 15 is 0 Å². The number of aromatic nitrogens is 1. The molecule has 0 bridgehead atoms. The molecule has 1 aromatic heterocycles. The summed E-state index contributed by atoms with van der Waals surface area (Å²) in [5.41, 5.74) is 0.832. The van der Waals surface area contributed by atoms with Gasteiger partial charge in [-0.2, -0.15) is 0 Å². The van der Waals surface area contributed by atoms with Crippen LogP contribution in [0.1, 0.15) is 41.5 Å². The Morgan fingerprint density at radius 3 is 1.65 bits per heavy atom. The van der Waals surface area contributed by atoms with Gasteiger partial charge in [0.25, 0.3) is 0 Å². The molecule has 0 fully saturated rings. The van der Waals surface area contributed by atoms with Crippen molar-refractivity contribution in [3.63, 3.8) is 0 Å². The molecule has 0 aliphatic heterocycles. The van der Waals surface area contributed by atoms with Crippen molar-refractivity contribution in [2.24, 2.45) is 0 Å². The molecule has 0 atom stereocenters. The molecule has 108 valence electrons. The number of hydrogen-bond acceptors (Lipinski definition) is 4. The largest absolute Gasteiger partial charge is 1.00 e. The molecular formula is C14H25BLiNO3. The van der Waals surface area contributed by atoms with Gasteiger partial charge < -0.3 is 14.0 Å². The van der Waals surface area contributed by atoms with E-state index in [1.807, 2.05) is 53.7 Å². The summed E-state index contributed by atoms with van der Waals surface area (Å²) in [6.07, 6.45) is 3.46. The van der Waals surface area contributed by atoms with Gasteiger partial charge in [0.1, 0.15) is 0 Å². The maximum absolute atomic E-state index is 6.02. The Balaban J connectivity index is 0.00000361. The number of rotatable bonds is 7. The van der Waals surface area contributed by atoms with Crippen LogP contribution in [-0.2, 0) is 14.0 Å². The Hall–Kier alpha value is -0.308. The molecule has 20 heavy (non-hydrogen) atoms. The Labute approximate surface area is 134 Å². The van der Waals surface area contributed by atoms with E-state index < -0.39 is 6.75 Å². The van der Waals surface area contributed by atoms with E-state index in [2.05, 4.69) is 4.98 Å². The molecule has 1 rings (SSSR count). The summed E-state index contributed by atoms with van der Waals surface area (Å²) in [5.74, 6) is 0. The van der Waals surface area contributed by atoms with Crippen LogP contribution in [0, 0.1) is 0 Å². The maximum atomic E-state index is 6.02. The van der Waals surface area contributed by atoms with Crippen LogP contribution in [0.5, 0.6) is 0 Å². The van der Waals surface area contributed by atoms with E-state index in [0.29, 0.717) is 0 Å². The average Bonchev–Trinajstić information content (AvgIpc) is 2.27. The zero-order valence-electron chi connectivity index (χ0n) is 13.8. The molecule has 1 aromatic rings. The number of pyridine rings is 1. The normalized spacial score (nSPS) is 12.1. The van der Waals surface area contributed by atoms with Crippen LogP contribution in [0.25, 0.3) is 0 Å². The van der Waals surface area contributed by atoms with Crippen molar-refractivity contribution in [3.05, 3.63) is 24.5 Å². The van der Waals surface area contributed by atoms with Crippen LogP contribution in [0.3, 0.4) is 0 Å². The van der Waals surface area contributed by atoms with Gasteiger partial charge >= 0.3 is 25.6 Å². The Morgan fingerprint density at radius 2 is 1.35 bits per heavy atom. The molecule has 0 spiro atoms. The fourth-order valence-corrected chi connectivity index (χ4v) is 1.99. The topological polar surface area (TPSA) is 40.6 Å². The average molecular weight is 273 g/mol. The summed E-state index contributed by atoms with van der Waals surface area (Å²) in [5, 5.41) is 0. The number of nitrogens with zero attached hydrogens (tertiary/aromatic N) is 1. The first kappa shape index (κ1) is 19.7. The Kier molecular flexibility index (Phi) is 8.73. The van der Waals surface area contributed by atoms with E-state index in [0.717, 1.165) is 5.46 Å². The molecule has 0 amide bonds. The molecule has 0 unspecified atom stereocenters. The molecule has 0 radical (unpaired) electrons. The fourth-order valence-electron chi connectivity index (χ4n) is 1.99. The van der Waals surface area contributed by atoms with Crippen LogP contribution < -0.4 is 24.3 Å². The molecule has 6 heteroatoms. The third-order valence-electron chi connectivity index (χ3n) is 2.45. The van der Waals surface area contributed by atoms with Gasteiger partial charge in [-0.05, 0) is 53.8 Å². The van der Waals surface area contributed by atoms with E-state index in [1.165, 1.54) is 0 Å². The van der Waals surface area contributed by atoms with Crippen LogP contribution >= 0.6 is 0 Å². The minimum Gasteiger partial charge on any atom is -0.539 e. The van der Waals surface area contributed by atoms with Gasteiger partial charge in [0.2, 0.25) is 0 Å². The van der Waals surface area contributed by atoms with Crippen molar-refractivity contribution < 1.29 is 32.8 Å². The molecule has 0 aliphatic rings. The molecule has 0 saturated carbocycles. The van der Waals surface area contributed by atoms with Gasteiger partial charge in [0.15, 0.2) is 0 Å². The summed E-state index contributed by atoms with van der Waals surface area (Å²) in [4.78, 5) is 4.15. The Bertz CT molecular complexity index is 347. The van der Waals surface area contributed by atoms with E-state index in [4.69, 9.17) is 14.0 Å². The third-order valence-corrected chi connectivity index (χ3v) is 2.45. The predicted molar refractivity (Wildman–Crippen MR) is 78.3 cm³/mol. The van der Waals surface area contributed by atoms with Gasteiger partial charge in [0.05, 0.1) is 0 Å². The number of hydrogen-bond donors (Lipinski definition) is 0. The minimum absolute atomic E-state index is 0. The molecule has 0 aromatic carbocycles. The predicted octanol–water partition coefficient (Wildman–Crippen LogP) is -0.493. The maximum Gasteiger partial charge on any atom is 1.00 e. The SMILES string of the molecule is CC(C)O[B-](OC(C)C)(OC(C)C)c1cccnc1.[Li+]. The van der Waals surface area contributed by atoms with Crippen molar-refractivity contribution in [2.45, 2.75) is 59.9 Å².